The van der Waals surface area contributed by atoms with Crippen LogP contribution in [0.25, 0.3) is 10.9 Å². The Morgan fingerprint density at radius 3 is 2.76 bits per heavy atom. The maximum atomic E-state index is 12.5. The van der Waals surface area contributed by atoms with Gasteiger partial charge in [-0.1, -0.05) is 48.0 Å². The molecule has 0 aliphatic heterocycles. The lowest BCUT2D eigenvalue weighted by Crippen LogP contribution is -2.23. The number of nitrogens with zero attached hydrogens (tertiary/aromatic N) is 1. The summed E-state index contributed by atoms with van der Waals surface area (Å²) in [5, 5.41) is 7.56. The molecule has 0 aliphatic carbocycles. The second kappa shape index (κ2) is 8.61. The Labute approximate surface area is 170 Å². The number of carbonyl (C=O) groups excluding carboxylic acids is 1. The molecular formula is C24H24N4O. The van der Waals surface area contributed by atoms with Gasteiger partial charge in [0.2, 0.25) is 0 Å². The van der Waals surface area contributed by atoms with Crippen molar-refractivity contribution in [1.82, 2.24) is 15.3 Å². The summed E-state index contributed by atoms with van der Waals surface area (Å²) >= 11 is 0. The Morgan fingerprint density at radius 1 is 1.07 bits per heavy atom. The van der Waals surface area contributed by atoms with Crippen LogP contribution in [0.3, 0.4) is 0 Å². The molecule has 0 aliphatic rings. The summed E-state index contributed by atoms with van der Waals surface area (Å²) in [6, 6.07) is 18.3. The number of benzene rings is 2. The fourth-order valence-electron chi connectivity index (χ4n) is 3.33. The molecule has 146 valence electrons. The minimum absolute atomic E-state index is 0.127. The molecule has 0 unspecified atom stereocenters. The lowest BCUT2D eigenvalue weighted by Gasteiger charge is -2.09. The molecule has 2 heterocycles. The Balaban J connectivity index is 1.33. The van der Waals surface area contributed by atoms with Crippen LogP contribution in [0.5, 0.6) is 0 Å². The van der Waals surface area contributed by atoms with Gasteiger partial charge in [0, 0.05) is 42.6 Å². The molecule has 1 amide bonds. The Hall–Kier alpha value is -3.60. The molecule has 0 bridgehead atoms. The predicted octanol–water partition coefficient (Wildman–Crippen LogP) is 4.46. The third-order valence-corrected chi connectivity index (χ3v) is 4.97. The van der Waals surface area contributed by atoms with Crippen molar-refractivity contribution in [2.45, 2.75) is 19.9 Å². The van der Waals surface area contributed by atoms with Crippen molar-refractivity contribution in [2.75, 3.05) is 11.9 Å². The number of carbonyl (C=O) groups is 1. The first kappa shape index (κ1) is 18.7. The Morgan fingerprint density at radius 2 is 1.90 bits per heavy atom. The highest BCUT2D eigenvalue weighted by atomic mass is 16.1. The van der Waals surface area contributed by atoms with Crippen molar-refractivity contribution < 1.29 is 4.79 Å². The summed E-state index contributed by atoms with van der Waals surface area (Å²) < 4.78 is 0. The van der Waals surface area contributed by atoms with Gasteiger partial charge in [-0.05, 0) is 36.6 Å². The number of pyridine rings is 1. The van der Waals surface area contributed by atoms with Crippen LogP contribution in [0.2, 0.25) is 0 Å². The molecule has 0 saturated carbocycles. The van der Waals surface area contributed by atoms with Gasteiger partial charge in [-0.15, -0.1) is 0 Å². The van der Waals surface area contributed by atoms with Gasteiger partial charge in [0.1, 0.15) is 0 Å². The van der Waals surface area contributed by atoms with Crippen molar-refractivity contribution in [3.05, 3.63) is 95.4 Å². The monoisotopic (exact) mass is 384 g/mol. The third-order valence-electron chi connectivity index (χ3n) is 4.97. The number of anilines is 1. The number of aryl methyl sites for hydroxylation is 1. The number of H-pyrrole nitrogens is 1. The topological polar surface area (TPSA) is 69.8 Å². The fraction of sp³-hybridized carbons (Fsp3) is 0.167. The molecular weight excluding hydrogens is 360 g/mol. The molecule has 2 aromatic carbocycles. The minimum atomic E-state index is -0.127. The molecule has 2 aromatic heterocycles. The van der Waals surface area contributed by atoms with E-state index in [2.05, 4.69) is 45.0 Å². The number of hydrogen-bond donors (Lipinski definition) is 3. The second-order valence-corrected chi connectivity index (χ2v) is 7.17. The molecule has 0 spiro atoms. The van der Waals surface area contributed by atoms with Crippen molar-refractivity contribution in [3.63, 3.8) is 0 Å². The maximum Gasteiger partial charge on any atom is 0.253 e. The summed E-state index contributed by atoms with van der Waals surface area (Å²) in [4.78, 5) is 20.0. The maximum absolute atomic E-state index is 12.5. The van der Waals surface area contributed by atoms with Crippen molar-refractivity contribution in [3.8, 4) is 0 Å². The number of para-hydroxylation sites is 1. The van der Waals surface area contributed by atoms with Crippen LogP contribution < -0.4 is 10.6 Å². The summed E-state index contributed by atoms with van der Waals surface area (Å²) in [6.07, 6.45) is 6.27. The zero-order chi connectivity index (χ0) is 20.1. The highest BCUT2D eigenvalue weighted by molar-refractivity contribution is 5.94. The van der Waals surface area contributed by atoms with E-state index in [-0.39, 0.29) is 5.91 Å². The largest absolute Gasteiger partial charge is 0.383 e. The van der Waals surface area contributed by atoms with Crippen molar-refractivity contribution in [2.24, 2.45) is 0 Å². The quantitative estimate of drug-likeness (QED) is 0.441. The highest BCUT2D eigenvalue weighted by Crippen LogP contribution is 2.18. The number of hydrogen-bond acceptors (Lipinski definition) is 3. The zero-order valence-electron chi connectivity index (χ0n) is 16.4. The molecule has 4 aromatic rings. The zero-order valence-corrected chi connectivity index (χ0v) is 16.4. The molecule has 4 rings (SSSR count). The van der Waals surface area contributed by atoms with Crippen LogP contribution in [0.1, 0.15) is 27.0 Å². The van der Waals surface area contributed by atoms with Crippen LogP contribution in [0, 0.1) is 6.92 Å². The van der Waals surface area contributed by atoms with E-state index in [9.17, 15) is 4.79 Å². The first-order chi connectivity index (χ1) is 14.2. The first-order valence-corrected chi connectivity index (χ1v) is 9.77. The van der Waals surface area contributed by atoms with Gasteiger partial charge in [0.25, 0.3) is 5.91 Å². The Bertz CT molecular complexity index is 1120. The normalized spacial score (nSPS) is 10.8. The first-order valence-electron chi connectivity index (χ1n) is 9.77. The fourth-order valence-corrected chi connectivity index (χ4v) is 3.33. The van der Waals surface area contributed by atoms with E-state index in [0.29, 0.717) is 12.1 Å². The van der Waals surface area contributed by atoms with E-state index >= 15 is 0 Å². The number of nitrogens with one attached hydrogen (secondary N) is 3. The van der Waals surface area contributed by atoms with E-state index in [0.717, 1.165) is 29.7 Å². The molecule has 5 heteroatoms. The average Bonchev–Trinajstić information content (AvgIpc) is 3.16. The molecule has 0 fully saturated rings. The van der Waals surface area contributed by atoms with Gasteiger partial charge in [-0.25, -0.2) is 0 Å². The molecule has 3 N–H and O–H groups in total. The van der Waals surface area contributed by atoms with Gasteiger partial charge in [0.15, 0.2) is 0 Å². The van der Waals surface area contributed by atoms with Crippen LogP contribution >= 0.6 is 0 Å². The lowest BCUT2D eigenvalue weighted by atomic mass is 10.1. The number of fused-ring (bicyclic) bond motifs is 1. The average molecular weight is 384 g/mol. The third kappa shape index (κ3) is 4.63. The summed E-state index contributed by atoms with van der Waals surface area (Å²) in [5.74, 6) is -0.127. The van der Waals surface area contributed by atoms with Crippen LogP contribution in [-0.2, 0) is 13.0 Å². The molecule has 0 saturated heterocycles. The van der Waals surface area contributed by atoms with Gasteiger partial charge >= 0.3 is 0 Å². The lowest BCUT2D eigenvalue weighted by molar-refractivity contribution is 0.0950. The summed E-state index contributed by atoms with van der Waals surface area (Å²) in [6.45, 7) is 3.31. The number of rotatable bonds is 7. The Kier molecular flexibility index (Phi) is 5.56. The number of aromatic amines is 1. The molecule has 0 radical (unpaired) electrons. The van der Waals surface area contributed by atoms with Crippen LogP contribution in [-0.4, -0.2) is 22.4 Å². The van der Waals surface area contributed by atoms with E-state index in [1.54, 1.807) is 12.4 Å². The van der Waals surface area contributed by atoms with Gasteiger partial charge in [-0.2, -0.15) is 0 Å². The van der Waals surface area contributed by atoms with Gasteiger partial charge in [0.05, 0.1) is 11.3 Å². The van der Waals surface area contributed by atoms with Crippen molar-refractivity contribution in [1.29, 1.82) is 0 Å². The predicted molar refractivity (Wildman–Crippen MR) is 117 cm³/mol. The van der Waals surface area contributed by atoms with Crippen LogP contribution in [0.4, 0.5) is 5.69 Å². The van der Waals surface area contributed by atoms with E-state index < -0.39 is 0 Å². The number of aromatic nitrogens is 2. The van der Waals surface area contributed by atoms with E-state index in [4.69, 9.17) is 0 Å². The van der Waals surface area contributed by atoms with Gasteiger partial charge in [-0.3, -0.25) is 9.78 Å². The second-order valence-electron chi connectivity index (χ2n) is 7.17. The minimum Gasteiger partial charge on any atom is -0.383 e. The van der Waals surface area contributed by atoms with Crippen molar-refractivity contribution >= 4 is 22.5 Å². The number of amides is 1. The van der Waals surface area contributed by atoms with E-state index in [1.165, 1.54) is 16.5 Å². The molecule has 0 atom stereocenters. The highest BCUT2D eigenvalue weighted by Gasteiger charge is 2.08. The molecule has 5 nitrogen and oxygen atoms in total. The summed E-state index contributed by atoms with van der Waals surface area (Å²) in [7, 11) is 0. The van der Waals surface area contributed by atoms with Gasteiger partial charge < -0.3 is 15.6 Å². The SMILES string of the molecule is Cc1ccc(CNC(=O)c2cncc(NCCc3c[nH]c4ccccc34)c2)cc1. The molecule has 29 heavy (non-hydrogen) atoms. The summed E-state index contributed by atoms with van der Waals surface area (Å²) in [5.41, 5.74) is 6.09. The van der Waals surface area contributed by atoms with Crippen LogP contribution in [0.15, 0.2) is 73.2 Å². The smallest absolute Gasteiger partial charge is 0.253 e. The van der Waals surface area contributed by atoms with E-state index in [1.807, 2.05) is 43.3 Å². The standard InChI is InChI=1S/C24H24N4O/c1-17-6-8-18(9-7-17)13-28-24(29)20-12-21(16-25-14-20)26-11-10-19-15-27-23-5-3-2-4-22(19)23/h2-9,12,14-16,26-27H,10-11,13H2,1H3,(H,28,29).